The van der Waals surface area contributed by atoms with Gasteiger partial charge in [0.15, 0.2) is 0 Å². The number of hydrogen-bond acceptors (Lipinski definition) is 2. The number of benzene rings is 1. The Labute approximate surface area is 142 Å². The van der Waals surface area contributed by atoms with Crippen molar-refractivity contribution in [1.29, 1.82) is 0 Å². The summed E-state index contributed by atoms with van der Waals surface area (Å²) in [4.78, 5) is 12.7. The maximum absolute atomic E-state index is 13.3. The summed E-state index contributed by atoms with van der Waals surface area (Å²) in [6, 6.07) is 8.35. The fourth-order valence-electron chi connectivity index (χ4n) is 3.38. The molecule has 1 amide bonds. The Kier molecular flexibility index (Phi) is 5.47. The summed E-state index contributed by atoms with van der Waals surface area (Å²) >= 11 is 0. The molecule has 0 atom stereocenters. The molecule has 0 spiro atoms. The van der Waals surface area contributed by atoms with E-state index in [0.29, 0.717) is 18.9 Å². The zero-order chi connectivity index (χ0) is 16.8. The van der Waals surface area contributed by atoms with Crippen LogP contribution in [0.1, 0.15) is 24.8 Å². The summed E-state index contributed by atoms with van der Waals surface area (Å²) in [5, 5.41) is 2.68. The molecule has 0 bridgehead atoms. The highest BCUT2D eigenvalue weighted by atomic mass is 19.1. The lowest BCUT2D eigenvalue weighted by Gasteiger charge is -2.34. The number of carbonyl (C=O) groups is 1. The molecule has 126 valence electrons. The van der Waals surface area contributed by atoms with Crippen molar-refractivity contribution >= 4 is 12.1 Å². The van der Waals surface area contributed by atoms with Crippen LogP contribution in [0.2, 0.25) is 0 Å². The number of carbonyl (C=O) groups excluding carboxylic acids is 1. The van der Waals surface area contributed by atoms with E-state index in [9.17, 15) is 9.18 Å². The molecule has 24 heavy (non-hydrogen) atoms. The van der Waals surface area contributed by atoms with Crippen molar-refractivity contribution < 1.29 is 9.18 Å². The van der Waals surface area contributed by atoms with Crippen LogP contribution in [0.25, 0.3) is 0 Å². The third-order valence-corrected chi connectivity index (χ3v) is 4.76. The molecule has 0 aromatic heterocycles. The van der Waals surface area contributed by atoms with Crippen LogP contribution >= 0.6 is 0 Å². The average molecular weight is 326 g/mol. The second-order valence-corrected chi connectivity index (χ2v) is 6.29. The van der Waals surface area contributed by atoms with Gasteiger partial charge in [-0.15, -0.1) is 0 Å². The Balaban J connectivity index is 1.56. The van der Waals surface area contributed by atoms with Crippen LogP contribution in [0.4, 0.5) is 10.1 Å². The molecule has 1 N–H and O–H groups in total. The Bertz CT molecular complexity index is 653. The van der Waals surface area contributed by atoms with E-state index < -0.39 is 0 Å². The molecule has 1 aliphatic carbocycles. The fourth-order valence-corrected chi connectivity index (χ4v) is 3.38. The second-order valence-electron chi connectivity index (χ2n) is 6.29. The molecule has 0 unspecified atom stereocenters. The van der Waals surface area contributed by atoms with Gasteiger partial charge in [-0.3, -0.25) is 4.79 Å². The highest BCUT2D eigenvalue weighted by molar-refractivity contribution is 5.50. The summed E-state index contributed by atoms with van der Waals surface area (Å²) in [7, 11) is 0. The number of hydrogen-bond donors (Lipinski definition) is 1. The first-order chi connectivity index (χ1) is 11.8. The highest BCUT2D eigenvalue weighted by Crippen LogP contribution is 2.30. The topological polar surface area (TPSA) is 32.3 Å². The minimum absolute atomic E-state index is 0.136. The molecule has 1 aliphatic heterocycles. The lowest BCUT2D eigenvalue weighted by atomic mass is 9.88. The Morgan fingerprint density at radius 2 is 1.88 bits per heavy atom. The quantitative estimate of drug-likeness (QED) is 0.833. The molecule has 1 aromatic carbocycles. The predicted molar refractivity (Wildman–Crippen MR) is 95.3 cm³/mol. The first-order valence-electron chi connectivity index (χ1n) is 8.51. The third-order valence-electron chi connectivity index (χ3n) is 4.76. The largest absolute Gasteiger partial charge is 0.371 e. The van der Waals surface area contributed by atoms with E-state index >= 15 is 0 Å². The molecule has 2 aliphatic rings. The number of allylic oxidation sites excluding steroid dienone is 6. The summed E-state index contributed by atoms with van der Waals surface area (Å²) in [6.07, 6.45) is 10.9. The molecule has 1 aromatic rings. The summed E-state index contributed by atoms with van der Waals surface area (Å²) < 4.78 is 13.3. The Morgan fingerprint density at radius 1 is 1.12 bits per heavy atom. The molecular formula is C20H23FN2O. The molecule has 3 rings (SSSR count). The lowest BCUT2D eigenvalue weighted by Crippen LogP contribution is -2.34. The molecular weight excluding hydrogens is 303 g/mol. The van der Waals surface area contributed by atoms with Gasteiger partial charge in [0.25, 0.3) is 0 Å². The molecule has 3 nitrogen and oxygen atoms in total. The van der Waals surface area contributed by atoms with E-state index in [4.69, 9.17) is 0 Å². The van der Waals surface area contributed by atoms with Crippen LogP contribution in [0, 0.1) is 5.92 Å². The number of nitrogens with zero attached hydrogens (tertiary/aromatic N) is 1. The fraction of sp³-hybridized carbons (Fsp3) is 0.350. The van der Waals surface area contributed by atoms with Crippen LogP contribution in [-0.2, 0) is 11.3 Å². The minimum Gasteiger partial charge on any atom is -0.371 e. The van der Waals surface area contributed by atoms with Crippen LogP contribution in [0.15, 0.2) is 60.0 Å². The second kappa shape index (κ2) is 7.95. The van der Waals surface area contributed by atoms with Crippen LogP contribution in [0.5, 0.6) is 0 Å². The van der Waals surface area contributed by atoms with Crippen molar-refractivity contribution in [3.05, 3.63) is 65.5 Å². The Hall–Kier alpha value is -2.36. The van der Waals surface area contributed by atoms with Gasteiger partial charge in [0, 0.05) is 25.3 Å². The van der Waals surface area contributed by atoms with Crippen molar-refractivity contribution in [2.75, 3.05) is 18.0 Å². The van der Waals surface area contributed by atoms with Crippen molar-refractivity contribution in [1.82, 2.24) is 5.32 Å². The SMILES string of the molecule is O=CNCc1ccc(N2CCC(C3=CCC=C(F)C=C3)CC2)cc1. The smallest absolute Gasteiger partial charge is 0.207 e. The van der Waals surface area contributed by atoms with E-state index in [-0.39, 0.29) is 5.83 Å². The first-order valence-corrected chi connectivity index (χ1v) is 8.51. The van der Waals surface area contributed by atoms with E-state index in [1.807, 2.05) is 6.08 Å². The maximum Gasteiger partial charge on any atom is 0.207 e. The number of halogens is 1. The van der Waals surface area contributed by atoms with Crippen molar-refractivity contribution in [2.45, 2.75) is 25.8 Å². The maximum atomic E-state index is 13.3. The van der Waals surface area contributed by atoms with Gasteiger partial charge in [-0.25, -0.2) is 4.39 Å². The molecule has 1 fully saturated rings. The van der Waals surface area contributed by atoms with Crippen LogP contribution in [-0.4, -0.2) is 19.5 Å². The normalized spacial score (nSPS) is 18.6. The predicted octanol–water partition coefficient (Wildman–Crippen LogP) is 3.89. The third kappa shape index (κ3) is 4.13. The van der Waals surface area contributed by atoms with Gasteiger partial charge in [0.2, 0.25) is 6.41 Å². The first kappa shape index (κ1) is 16.5. The minimum atomic E-state index is -0.136. The molecule has 1 saturated heterocycles. The van der Waals surface area contributed by atoms with Crippen molar-refractivity contribution in [2.24, 2.45) is 5.92 Å². The van der Waals surface area contributed by atoms with Crippen LogP contribution in [0.3, 0.4) is 0 Å². The average Bonchev–Trinajstić information content (AvgIpc) is 2.85. The van der Waals surface area contributed by atoms with Gasteiger partial charge in [-0.1, -0.05) is 24.3 Å². The zero-order valence-electron chi connectivity index (χ0n) is 13.7. The van der Waals surface area contributed by atoms with E-state index in [2.05, 4.69) is 40.6 Å². The summed E-state index contributed by atoms with van der Waals surface area (Å²) in [5.74, 6) is 0.385. The van der Waals surface area contributed by atoms with E-state index in [1.54, 1.807) is 12.2 Å². The number of rotatable bonds is 5. The van der Waals surface area contributed by atoms with Gasteiger partial charge in [0.1, 0.15) is 5.83 Å². The van der Waals surface area contributed by atoms with Gasteiger partial charge < -0.3 is 10.2 Å². The summed E-state index contributed by atoms with van der Waals surface area (Å²) in [6.45, 7) is 2.59. The molecule has 0 saturated carbocycles. The monoisotopic (exact) mass is 326 g/mol. The van der Waals surface area contributed by atoms with Gasteiger partial charge in [-0.05, 0) is 60.6 Å². The number of amides is 1. The van der Waals surface area contributed by atoms with Gasteiger partial charge >= 0.3 is 0 Å². The van der Waals surface area contributed by atoms with Crippen LogP contribution < -0.4 is 10.2 Å². The highest BCUT2D eigenvalue weighted by Gasteiger charge is 2.21. The van der Waals surface area contributed by atoms with E-state index in [1.165, 1.54) is 11.3 Å². The zero-order valence-corrected chi connectivity index (χ0v) is 13.7. The summed E-state index contributed by atoms with van der Waals surface area (Å²) in [5.41, 5.74) is 3.60. The van der Waals surface area contributed by atoms with Crippen molar-refractivity contribution in [3.8, 4) is 0 Å². The molecule has 0 radical (unpaired) electrons. The van der Waals surface area contributed by atoms with Gasteiger partial charge in [0.05, 0.1) is 0 Å². The standard InChI is InChI=1S/C20H23FN2O/c21-19-3-1-2-17(6-7-19)18-10-12-23(13-11-18)20-8-4-16(5-9-20)14-22-15-24/h2-9,15,18H,1,10-14H2,(H,22,24). The Morgan fingerprint density at radius 3 is 2.58 bits per heavy atom. The van der Waals surface area contributed by atoms with Gasteiger partial charge in [-0.2, -0.15) is 0 Å². The molecule has 4 heteroatoms. The number of piperidine rings is 1. The molecule has 1 heterocycles. The number of anilines is 1. The van der Waals surface area contributed by atoms with E-state index in [0.717, 1.165) is 37.9 Å². The number of nitrogens with one attached hydrogen (secondary N) is 1. The van der Waals surface area contributed by atoms with Crippen molar-refractivity contribution in [3.63, 3.8) is 0 Å². The lowest BCUT2D eigenvalue weighted by molar-refractivity contribution is -0.109.